The number of likely N-dealkylation sites (tertiary alicyclic amines) is 1. The summed E-state index contributed by atoms with van der Waals surface area (Å²) >= 11 is 0. The fraction of sp³-hybridized carbons (Fsp3) is 0.500. The molecule has 1 saturated heterocycles. The molecule has 0 atom stereocenters. The number of carbonyl (C=O) groups excluding carboxylic acids is 1. The zero-order valence-electron chi connectivity index (χ0n) is 10.9. The third kappa shape index (κ3) is 2.82. The molecule has 98 valence electrons. The number of nitrogens with one attached hydrogen (secondary N) is 1. The Morgan fingerprint density at radius 1 is 1.22 bits per heavy atom. The summed E-state index contributed by atoms with van der Waals surface area (Å²) in [6, 6.07) is 5.72. The number of hydrogen-bond donors (Lipinski definition) is 2. The van der Waals surface area contributed by atoms with Crippen LogP contribution in [0.2, 0.25) is 0 Å². The molecule has 1 aliphatic heterocycles. The number of anilines is 1. The molecule has 0 saturated carbocycles. The minimum absolute atomic E-state index is 0.0913. The lowest BCUT2D eigenvalue weighted by atomic mass is 10.1. The smallest absolute Gasteiger partial charge is 0.256 e. The number of amides is 1. The Morgan fingerprint density at radius 3 is 2.50 bits per heavy atom. The first-order valence-corrected chi connectivity index (χ1v) is 6.59. The van der Waals surface area contributed by atoms with E-state index in [1.165, 1.54) is 12.8 Å². The van der Waals surface area contributed by atoms with E-state index in [9.17, 15) is 4.79 Å². The molecule has 0 spiro atoms. The van der Waals surface area contributed by atoms with Gasteiger partial charge in [0.05, 0.1) is 11.3 Å². The van der Waals surface area contributed by atoms with Crippen LogP contribution in [0.25, 0.3) is 0 Å². The molecule has 1 aromatic rings. The Bertz CT molecular complexity index is 423. The fourth-order valence-corrected chi connectivity index (χ4v) is 2.41. The Morgan fingerprint density at radius 2 is 1.89 bits per heavy atom. The van der Waals surface area contributed by atoms with Gasteiger partial charge in [0.25, 0.3) is 5.91 Å². The van der Waals surface area contributed by atoms with Crippen LogP contribution >= 0.6 is 0 Å². The second kappa shape index (κ2) is 5.87. The first kappa shape index (κ1) is 12.9. The molecule has 1 heterocycles. The molecule has 1 aromatic carbocycles. The number of rotatable bonds is 2. The lowest BCUT2D eigenvalue weighted by molar-refractivity contribution is 0.0762. The summed E-state index contributed by atoms with van der Waals surface area (Å²) in [5, 5.41) is 0. The van der Waals surface area contributed by atoms with E-state index in [0.717, 1.165) is 31.5 Å². The van der Waals surface area contributed by atoms with E-state index in [1.54, 1.807) is 0 Å². The molecule has 2 rings (SSSR count). The second-order valence-corrected chi connectivity index (χ2v) is 4.90. The van der Waals surface area contributed by atoms with Crippen molar-refractivity contribution in [2.45, 2.75) is 32.6 Å². The summed E-state index contributed by atoms with van der Waals surface area (Å²) < 4.78 is 0. The maximum absolute atomic E-state index is 12.5. The van der Waals surface area contributed by atoms with Crippen molar-refractivity contribution >= 4 is 11.6 Å². The molecule has 1 fully saturated rings. The molecule has 0 aromatic heterocycles. The lowest BCUT2D eigenvalue weighted by Gasteiger charge is -2.22. The second-order valence-electron chi connectivity index (χ2n) is 4.90. The number of carbonyl (C=O) groups is 1. The van der Waals surface area contributed by atoms with Crippen LogP contribution in [0.1, 0.15) is 41.6 Å². The predicted molar refractivity (Wildman–Crippen MR) is 73.4 cm³/mol. The van der Waals surface area contributed by atoms with Gasteiger partial charge in [0.1, 0.15) is 0 Å². The van der Waals surface area contributed by atoms with E-state index in [2.05, 4.69) is 5.43 Å². The highest BCUT2D eigenvalue weighted by atomic mass is 16.2. The Kier molecular flexibility index (Phi) is 4.20. The van der Waals surface area contributed by atoms with Gasteiger partial charge in [-0.3, -0.25) is 10.6 Å². The molecular formula is C14H21N3O. The van der Waals surface area contributed by atoms with Crippen molar-refractivity contribution < 1.29 is 4.79 Å². The van der Waals surface area contributed by atoms with Crippen LogP contribution in [-0.4, -0.2) is 23.9 Å². The summed E-state index contributed by atoms with van der Waals surface area (Å²) in [6.45, 7) is 3.70. The van der Waals surface area contributed by atoms with Crippen molar-refractivity contribution in [3.8, 4) is 0 Å². The largest absolute Gasteiger partial charge is 0.339 e. The first-order chi connectivity index (χ1) is 8.72. The normalized spacial score (nSPS) is 16.2. The third-order valence-corrected chi connectivity index (χ3v) is 3.45. The van der Waals surface area contributed by atoms with Crippen LogP contribution < -0.4 is 11.3 Å². The zero-order chi connectivity index (χ0) is 13.0. The molecule has 0 unspecified atom stereocenters. The van der Waals surface area contributed by atoms with Crippen LogP contribution in [-0.2, 0) is 0 Å². The van der Waals surface area contributed by atoms with Crippen LogP contribution in [0, 0.1) is 6.92 Å². The van der Waals surface area contributed by atoms with Crippen LogP contribution in [0.15, 0.2) is 18.2 Å². The van der Waals surface area contributed by atoms with Crippen molar-refractivity contribution in [3.05, 3.63) is 29.3 Å². The van der Waals surface area contributed by atoms with Crippen LogP contribution in [0.3, 0.4) is 0 Å². The van der Waals surface area contributed by atoms with Crippen molar-refractivity contribution in [2.75, 3.05) is 18.5 Å². The first-order valence-electron chi connectivity index (χ1n) is 6.59. The standard InChI is InChI=1S/C14H21N3O/c1-11-6-7-13(16-15)12(10-11)14(18)17-8-4-2-3-5-9-17/h6-7,10,16H,2-5,8-9,15H2,1H3. The van der Waals surface area contributed by atoms with E-state index in [-0.39, 0.29) is 5.91 Å². The highest BCUT2D eigenvalue weighted by Crippen LogP contribution is 2.20. The zero-order valence-corrected chi connectivity index (χ0v) is 10.9. The van der Waals surface area contributed by atoms with E-state index < -0.39 is 0 Å². The predicted octanol–water partition coefficient (Wildman–Crippen LogP) is 2.30. The summed E-state index contributed by atoms with van der Waals surface area (Å²) in [6.07, 6.45) is 4.64. The summed E-state index contributed by atoms with van der Waals surface area (Å²) in [4.78, 5) is 14.5. The van der Waals surface area contributed by atoms with E-state index in [1.807, 2.05) is 30.0 Å². The molecule has 4 heteroatoms. The number of nitrogens with two attached hydrogens (primary N) is 1. The summed E-state index contributed by atoms with van der Waals surface area (Å²) in [5.74, 6) is 5.57. The van der Waals surface area contributed by atoms with Gasteiger partial charge in [-0.25, -0.2) is 0 Å². The summed E-state index contributed by atoms with van der Waals surface area (Å²) in [7, 11) is 0. The number of benzene rings is 1. The van der Waals surface area contributed by atoms with Gasteiger partial charge in [-0.05, 0) is 31.9 Å². The van der Waals surface area contributed by atoms with E-state index in [0.29, 0.717) is 11.3 Å². The molecule has 18 heavy (non-hydrogen) atoms. The quantitative estimate of drug-likeness (QED) is 0.622. The average molecular weight is 247 g/mol. The fourth-order valence-electron chi connectivity index (χ4n) is 2.41. The lowest BCUT2D eigenvalue weighted by Crippen LogP contribution is -2.32. The number of aryl methyl sites for hydroxylation is 1. The van der Waals surface area contributed by atoms with Gasteiger partial charge >= 0.3 is 0 Å². The minimum Gasteiger partial charge on any atom is -0.339 e. The Balaban J connectivity index is 2.23. The maximum Gasteiger partial charge on any atom is 0.256 e. The number of nitrogens with zero attached hydrogens (tertiary/aromatic N) is 1. The van der Waals surface area contributed by atoms with Crippen LogP contribution in [0.4, 0.5) is 5.69 Å². The van der Waals surface area contributed by atoms with E-state index >= 15 is 0 Å². The molecule has 1 aliphatic rings. The topological polar surface area (TPSA) is 58.4 Å². The molecule has 4 nitrogen and oxygen atoms in total. The molecule has 0 aliphatic carbocycles. The SMILES string of the molecule is Cc1ccc(NN)c(C(=O)N2CCCCCC2)c1. The number of nitrogen functional groups attached to an aromatic ring is 1. The van der Waals surface area contributed by atoms with Gasteiger partial charge in [0.2, 0.25) is 0 Å². The number of hydrogen-bond acceptors (Lipinski definition) is 3. The van der Waals surface area contributed by atoms with Gasteiger partial charge in [-0.15, -0.1) is 0 Å². The average Bonchev–Trinajstić information content (AvgIpc) is 2.66. The van der Waals surface area contributed by atoms with Gasteiger partial charge < -0.3 is 10.3 Å². The minimum atomic E-state index is 0.0913. The van der Waals surface area contributed by atoms with Gasteiger partial charge in [0, 0.05) is 13.1 Å². The summed E-state index contributed by atoms with van der Waals surface area (Å²) in [5.41, 5.74) is 5.07. The molecular weight excluding hydrogens is 226 g/mol. The third-order valence-electron chi connectivity index (χ3n) is 3.45. The van der Waals surface area contributed by atoms with Gasteiger partial charge in [0.15, 0.2) is 0 Å². The molecule has 1 amide bonds. The highest BCUT2D eigenvalue weighted by molar-refractivity contribution is 5.99. The Hall–Kier alpha value is -1.55. The van der Waals surface area contributed by atoms with Crippen molar-refractivity contribution in [2.24, 2.45) is 5.84 Å². The van der Waals surface area contributed by atoms with Crippen molar-refractivity contribution in [3.63, 3.8) is 0 Å². The van der Waals surface area contributed by atoms with Gasteiger partial charge in [-0.2, -0.15) is 0 Å². The number of hydrazine groups is 1. The Labute approximate surface area is 108 Å². The van der Waals surface area contributed by atoms with E-state index in [4.69, 9.17) is 5.84 Å². The molecule has 0 bridgehead atoms. The van der Waals surface area contributed by atoms with Gasteiger partial charge in [-0.1, -0.05) is 24.5 Å². The van der Waals surface area contributed by atoms with Crippen molar-refractivity contribution in [1.29, 1.82) is 0 Å². The molecule has 0 radical (unpaired) electrons. The monoisotopic (exact) mass is 247 g/mol. The van der Waals surface area contributed by atoms with Crippen LogP contribution in [0.5, 0.6) is 0 Å². The molecule has 3 N–H and O–H groups in total. The van der Waals surface area contributed by atoms with Crippen molar-refractivity contribution in [1.82, 2.24) is 4.90 Å². The maximum atomic E-state index is 12.5. The highest BCUT2D eigenvalue weighted by Gasteiger charge is 2.19.